The maximum Gasteiger partial charge on any atom is 0.351 e. The SMILES string of the molecule is CC[C@H]1O[C@@H](n2cc(C)c(N)nc2=O)C[C@H]1OP([O-])(=S)OC[C@H]1O[C@@H](n2cc(C)c(=O)[nH]c2=O)C[C@H]1OP(=O)([S-])OC[C@H]1O[C@@H](n2cc(C)c(=O)[nH]c2=O)C[C@H]1OP([O-])(=S)OC[C@H]1O[C@@H](n2cnc3c(=O)[nH]c(N)nc32)C[C@H]1OP([O-])(=S)OC[C@H]1O[C@@H](n2cnc3c(N)ncnc32)C[C@H]1OP([O-])(=S)OC[C@H]1O[C@@H](n2cc(C)c(=O)[nH]c2=O)C[C@H]1OP([O-])(=S)OC. The molecule has 8 aromatic rings. The number of hydrogen-bond acceptors (Lipinski definition) is 47. The zero-order chi connectivity index (χ0) is 90.1. The first-order valence-electron chi connectivity index (χ1n) is 37.4. The van der Waals surface area contributed by atoms with Crippen LogP contribution in [0.1, 0.15) is 111 Å². The van der Waals surface area contributed by atoms with Crippen molar-refractivity contribution in [2.45, 2.75) is 190 Å². The summed E-state index contributed by atoms with van der Waals surface area (Å²) in [6.45, 7) is -25.0. The van der Waals surface area contributed by atoms with Gasteiger partial charge in [-0.1, -0.05) is 66.0 Å². The lowest BCUT2D eigenvalue weighted by Gasteiger charge is -2.36. The number of nitrogens with one attached hydrogen (secondary N) is 4. The van der Waals surface area contributed by atoms with Gasteiger partial charge in [0.15, 0.2) is 29.4 Å². The smallest absolute Gasteiger partial charge is 0.351 e. The minimum atomic E-state index is -5.01. The van der Waals surface area contributed by atoms with Crippen molar-refractivity contribution in [3.63, 3.8) is 0 Å². The van der Waals surface area contributed by atoms with Crippen LogP contribution < -0.4 is 86.7 Å². The molecule has 0 saturated carbocycles. The van der Waals surface area contributed by atoms with E-state index < -0.39 is 235 Å². The lowest BCUT2D eigenvalue weighted by Crippen LogP contribution is -2.34. The van der Waals surface area contributed by atoms with Crippen molar-refractivity contribution in [3.8, 4) is 0 Å². The van der Waals surface area contributed by atoms with Gasteiger partial charge in [-0.05, 0) is 34.1 Å². The Bertz CT molecular complexity index is 6260. The Balaban J connectivity index is 0.677. The number of fused-ring (bicyclic) bond motifs is 2. The molecule has 63 heteroatoms. The summed E-state index contributed by atoms with van der Waals surface area (Å²) in [4.78, 5) is 208. The van der Waals surface area contributed by atoms with E-state index in [9.17, 15) is 67.4 Å². The average molecular weight is 1980 g/mol. The van der Waals surface area contributed by atoms with Gasteiger partial charge in [-0.15, -0.1) is 0 Å². The largest absolute Gasteiger partial charge is 0.780 e. The van der Waals surface area contributed by atoms with E-state index in [-0.39, 0.29) is 88.7 Å². The minimum absolute atomic E-state index is 0.00605. The van der Waals surface area contributed by atoms with Gasteiger partial charge in [-0.25, -0.2) is 39.1 Å². The Morgan fingerprint density at radius 3 is 1.16 bits per heavy atom. The van der Waals surface area contributed by atoms with Gasteiger partial charge in [0.1, 0.15) is 119 Å². The summed E-state index contributed by atoms with van der Waals surface area (Å²) in [5, 5.41) is 0. The molecule has 0 amide bonds. The molecule has 51 nitrogen and oxygen atoms in total. The Kier molecular flexibility index (Phi) is 29.1. The monoisotopic (exact) mass is 1980 g/mol. The summed E-state index contributed by atoms with van der Waals surface area (Å²) in [5.74, 6) is -0.349. The predicted molar refractivity (Wildman–Crippen MR) is 442 cm³/mol. The number of aromatic nitrogens is 16. The quantitative estimate of drug-likeness (QED) is 0.0161. The summed E-state index contributed by atoms with van der Waals surface area (Å²) in [5.41, 5.74) is 12.1. The van der Waals surface area contributed by atoms with Crippen molar-refractivity contribution >= 4 is 152 Å². The third-order valence-electron chi connectivity index (χ3n) is 20.6. The third-order valence-corrected chi connectivity index (χ3v) is 30.1. The van der Waals surface area contributed by atoms with Crippen LogP contribution in [0.5, 0.6) is 0 Å². The third kappa shape index (κ3) is 22.3. The van der Waals surface area contributed by atoms with Crippen molar-refractivity contribution < 1.29 is 112 Å². The van der Waals surface area contributed by atoms with Crippen molar-refractivity contribution in [2.75, 3.05) is 57.3 Å². The first kappa shape index (κ1) is 95.2. The van der Waals surface area contributed by atoms with E-state index in [4.69, 9.17) is 171 Å². The summed E-state index contributed by atoms with van der Waals surface area (Å²) in [6.07, 6.45) is -16.8. The zero-order valence-corrected chi connectivity index (χ0v) is 76.0. The molecule has 8 aromatic heterocycles. The number of H-pyrrole nitrogens is 4. The number of aromatic amines is 4. The number of anilines is 3. The molecule has 0 bridgehead atoms. The van der Waals surface area contributed by atoms with Crippen molar-refractivity contribution in [1.29, 1.82) is 0 Å². The molecule has 6 aliphatic heterocycles. The molecule has 6 aliphatic rings. The van der Waals surface area contributed by atoms with E-state index in [1.54, 1.807) is 13.8 Å². The highest BCUT2D eigenvalue weighted by atomic mass is 32.7. The van der Waals surface area contributed by atoms with Crippen LogP contribution in [0.3, 0.4) is 0 Å². The summed E-state index contributed by atoms with van der Waals surface area (Å²) >= 11 is 32.3. The average Bonchev–Trinajstić information content (AvgIpc) is 1.76. The van der Waals surface area contributed by atoms with Gasteiger partial charge in [-0.3, -0.25) is 71.1 Å². The summed E-state index contributed by atoms with van der Waals surface area (Å²) < 4.78 is 128. The van der Waals surface area contributed by atoms with Gasteiger partial charge < -0.3 is 137 Å². The van der Waals surface area contributed by atoms with E-state index >= 15 is 0 Å². The maximum atomic E-state index is 14.9. The van der Waals surface area contributed by atoms with Crippen LogP contribution in [0, 0.1) is 27.7 Å². The molecule has 14 heterocycles. The Labute approximate surface area is 733 Å². The van der Waals surface area contributed by atoms with Gasteiger partial charge in [0, 0.05) is 92.7 Å². The molecular weight excluding hydrogens is 1900 g/mol. The summed E-state index contributed by atoms with van der Waals surface area (Å²) in [6, 6.07) is 0. The predicted octanol–water partition coefficient (Wildman–Crippen LogP) is -2.40. The van der Waals surface area contributed by atoms with E-state index in [2.05, 4.69) is 49.8 Å². The van der Waals surface area contributed by atoms with Crippen LogP contribution in [0.4, 0.5) is 17.6 Å². The second-order valence-corrected chi connectivity index (χ2v) is 45.4. The molecule has 0 radical (unpaired) electrons. The molecule has 10 N–H and O–H groups in total. The van der Waals surface area contributed by atoms with Gasteiger partial charge in [-0.2, -0.15) is 9.97 Å². The highest BCUT2D eigenvalue weighted by Crippen LogP contribution is 2.56. The number of aryl methyl sites for hydroxylation is 4. The second-order valence-electron chi connectivity index (χ2n) is 29.1. The number of rotatable bonds is 35. The highest BCUT2D eigenvalue weighted by molar-refractivity contribution is 8.32. The fourth-order valence-electron chi connectivity index (χ4n) is 14.4. The van der Waals surface area contributed by atoms with Gasteiger partial charge in [0.05, 0.1) is 88.4 Å². The number of nitrogens with zero attached hydrogens (tertiary/aromatic N) is 12. The number of nitrogen functional groups attached to an aromatic ring is 3. The molecular formula is C62H77N19O32P6S6-6. The van der Waals surface area contributed by atoms with Gasteiger partial charge in [0.25, 0.3) is 22.2 Å². The lowest BCUT2D eigenvalue weighted by molar-refractivity contribution is -0.221. The minimum Gasteiger partial charge on any atom is -0.780 e. The number of nitrogens with two attached hydrogens (primary N) is 3. The lowest BCUT2D eigenvalue weighted by atomic mass is 10.1. The first-order valence-corrected chi connectivity index (χ1v) is 52.8. The van der Waals surface area contributed by atoms with Crippen LogP contribution in [0.15, 0.2) is 82.1 Å². The van der Waals surface area contributed by atoms with Gasteiger partial charge >= 0.3 is 22.8 Å². The van der Waals surface area contributed by atoms with Gasteiger partial charge in [0.2, 0.25) is 5.95 Å². The topological polar surface area (TPSA) is 683 Å². The molecule has 125 heavy (non-hydrogen) atoms. The fraction of sp³-hybridized carbons (Fsp3) is 0.581. The molecule has 6 fully saturated rings. The molecule has 14 rings (SSSR count). The van der Waals surface area contributed by atoms with Crippen LogP contribution >= 0.6 is 40.4 Å². The number of hydrogen-bond donors (Lipinski definition) is 7. The second kappa shape index (κ2) is 38.1. The zero-order valence-electron chi connectivity index (χ0n) is 65.7. The van der Waals surface area contributed by atoms with Crippen molar-refractivity contribution in [2.24, 2.45) is 0 Å². The summed E-state index contributed by atoms with van der Waals surface area (Å²) in [7, 11) is 1.03. The van der Waals surface area contributed by atoms with E-state index in [0.717, 1.165) is 39.7 Å². The molecule has 0 aromatic carbocycles. The van der Waals surface area contributed by atoms with Crippen LogP contribution in [-0.2, 0) is 159 Å². The van der Waals surface area contributed by atoms with Crippen molar-refractivity contribution in [1.82, 2.24) is 77.2 Å². The molecule has 6 unspecified atom stereocenters. The normalized spacial score (nSPS) is 29.4. The van der Waals surface area contributed by atoms with E-state index in [1.165, 1.54) is 59.4 Å². The maximum absolute atomic E-state index is 14.9. The van der Waals surface area contributed by atoms with E-state index in [0.29, 0.717) is 12.0 Å². The van der Waals surface area contributed by atoms with Crippen LogP contribution in [0.25, 0.3) is 22.3 Å². The molecule has 0 aliphatic carbocycles. The standard InChI is InChI=1S/C62H83N19O32P6S6/c1-7-30-31(8-42(102-30)76-14-26(2)50(63)70-59(76)86)109-115(91,121)97-19-38-33(10-44(104-38)78-16-28(4)55(83)74-61(78)88)110-116(92,122)99-20-39-34(11-45(105-39)79-17-29(5)56(84)75-62(79)89)111-117(93,123)101-22-41-36(13-47(107-41)81-25-69-49-53(81)71-58(65)72-57(49)85)113-119(95,125)100-21-40-35(12-46(106-40)80-24-68-48-51(64)66-23-67-52(48)80)112-118(94,124)98-18-37-32(108-114(90,120)96-6)9-43(103-37)77-15-27(3)54(82)73-60(77)87/h14-17,23-25,30-47H,7-13,18-22H2,1-6H3,(H,90,120)(H,91,121)(H,92,122)(H,93,123)(H,94,124)(H,95,125)(H2,63,70,86)(H2,64,66,67)(H,73,82,87)(H,74,83,88)(H,75,84,89)(H3,65,71,72,85)/p-6/t30-,31-,32-,33-,34-,35-,36-,37-,38-,39-,40-,41-,42-,43-,44-,45-,46-,47-,114?,115?,116?,117?,118?,119?/m1/s1. The fourth-order valence-corrected chi connectivity index (χ4v) is 22.7. The Morgan fingerprint density at radius 1 is 0.424 bits per heavy atom. The van der Waals surface area contributed by atoms with Crippen LogP contribution in [0.2, 0.25) is 0 Å². The van der Waals surface area contributed by atoms with Crippen LogP contribution in [-0.4, -0.2) is 191 Å². The Morgan fingerprint density at radius 2 is 0.760 bits per heavy atom. The molecule has 24 atom stereocenters. The molecule has 684 valence electrons. The Hall–Kier alpha value is -5.87. The number of ether oxygens (including phenoxy) is 6. The number of imidazole rings is 2. The highest BCUT2D eigenvalue weighted by Gasteiger charge is 2.48. The molecule has 0 spiro atoms. The molecule has 6 saturated heterocycles. The van der Waals surface area contributed by atoms with Crippen molar-refractivity contribution in [3.05, 3.63) is 149 Å². The first-order chi connectivity index (χ1) is 58.8. The van der Waals surface area contributed by atoms with E-state index in [1.807, 2.05) is 0 Å².